The maximum absolute atomic E-state index is 12.5. The van der Waals surface area contributed by atoms with Crippen LogP contribution >= 0.6 is 0 Å². The number of ether oxygens (including phenoxy) is 1. The van der Waals surface area contributed by atoms with Crippen LogP contribution in [0.3, 0.4) is 0 Å². The van der Waals surface area contributed by atoms with E-state index in [-0.39, 0.29) is 5.88 Å². The minimum absolute atomic E-state index is 0.189. The number of aryl methyl sites for hydroxylation is 1. The number of aromatic nitrogens is 3. The quantitative estimate of drug-likeness (QED) is 0.642. The van der Waals surface area contributed by atoms with Gasteiger partial charge in [-0.3, -0.25) is 4.90 Å². The molecule has 0 aliphatic carbocycles. The summed E-state index contributed by atoms with van der Waals surface area (Å²) in [4.78, 5) is 12.8. The highest BCUT2D eigenvalue weighted by Gasteiger charge is 2.20. The molecule has 0 atom stereocenters. The molecule has 3 heterocycles. The fourth-order valence-electron chi connectivity index (χ4n) is 3.35. The minimum Gasteiger partial charge on any atom is -0.471 e. The lowest BCUT2D eigenvalue weighted by Gasteiger charge is -2.36. The van der Waals surface area contributed by atoms with E-state index in [1.165, 1.54) is 6.33 Å². The Labute approximate surface area is 160 Å². The van der Waals surface area contributed by atoms with Crippen molar-refractivity contribution in [2.75, 3.05) is 37.7 Å². The summed E-state index contributed by atoms with van der Waals surface area (Å²) in [6.45, 7) is 5.58. The van der Waals surface area contributed by atoms with Gasteiger partial charge in [-0.15, -0.1) is 0 Å². The standard InChI is InChI=1S/C19H21F2N5O2/c1-13-14(9-24-28-13)10-25-4-6-26(7-5-25)15-2-3-17-16(8-15)19(23-12-22-17)27-11-18(20)21/h2-3,8-9,12,18H,4-7,10-11H2,1H3. The molecule has 9 heteroatoms. The molecule has 0 bridgehead atoms. The average Bonchev–Trinajstić information content (AvgIpc) is 3.11. The summed E-state index contributed by atoms with van der Waals surface area (Å²) in [6.07, 6.45) is 0.551. The SMILES string of the molecule is Cc1oncc1CN1CCN(c2ccc3ncnc(OCC(F)F)c3c2)CC1. The highest BCUT2D eigenvalue weighted by atomic mass is 19.3. The van der Waals surface area contributed by atoms with Crippen molar-refractivity contribution in [3.05, 3.63) is 42.0 Å². The summed E-state index contributed by atoms with van der Waals surface area (Å²) in [6, 6.07) is 5.77. The van der Waals surface area contributed by atoms with Gasteiger partial charge >= 0.3 is 0 Å². The van der Waals surface area contributed by atoms with Crippen LogP contribution in [0, 0.1) is 6.92 Å². The third kappa shape index (κ3) is 4.04. The van der Waals surface area contributed by atoms with Crippen molar-refractivity contribution in [3.63, 3.8) is 0 Å². The Kier molecular flexibility index (Phi) is 5.34. The Balaban J connectivity index is 1.46. The van der Waals surface area contributed by atoms with Gasteiger partial charge in [0.15, 0.2) is 6.61 Å². The maximum atomic E-state index is 12.5. The van der Waals surface area contributed by atoms with Crippen LogP contribution in [-0.4, -0.2) is 59.2 Å². The van der Waals surface area contributed by atoms with Crippen molar-refractivity contribution in [3.8, 4) is 5.88 Å². The van der Waals surface area contributed by atoms with Crippen LogP contribution in [0.5, 0.6) is 5.88 Å². The smallest absolute Gasteiger partial charge is 0.272 e. The van der Waals surface area contributed by atoms with E-state index in [9.17, 15) is 8.78 Å². The number of piperazine rings is 1. The third-order valence-corrected chi connectivity index (χ3v) is 4.91. The molecule has 0 spiro atoms. The van der Waals surface area contributed by atoms with Crippen molar-refractivity contribution < 1.29 is 18.0 Å². The fourth-order valence-corrected chi connectivity index (χ4v) is 3.35. The van der Waals surface area contributed by atoms with Gasteiger partial charge in [-0.05, 0) is 25.1 Å². The number of rotatable bonds is 6. The molecule has 1 aliphatic heterocycles. The molecule has 7 nitrogen and oxygen atoms in total. The van der Waals surface area contributed by atoms with E-state index in [0.717, 1.165) is 49.7 Å². The van der Waals surface area contributed by atoms with E-state index < -0.39 is 13.0 Å². The summed E-state index contributed by atoms with van der Waals surface area (Å²) in [5, 5.41) is 4.47. The normalized spacial score (nSPS) is 15.5. The van der Waals surface area contributed by atoms with Crippen LogP contribution < -0.4 is 9.64 Å². The molecule has 1 saturated heterocycles. The number of alkyl halides is 2. The van der Waals surface area contributed by atoms with E-state index in [2.05, 4.69) is 24.9 Å². The Morgan fingerprint density at radius 3 is 2.71 bits per heavy atom. The van der Waals surface area contributed by atoms with Gasteiger partial charge in [-0.1, -0.05) is 5.16 Å². The number of nitrogens with zero attached hydrogens (tertiary/aromatic N) is 5. The van der Waals surface area contributed by atoms with Gasteiger partial charge in [0.25, 0.3) is 6.43 Å². The summed E-state index contributed by atoms with van der Waals surface area (Å²) >= 11 is 0. The molecule has 1 aromatic carbocycles. The predicted octanol–water partition coefficient (Wildman–Crippen LogP) is 2.89. The predicted molar refractivity (Wildman–Crippen MR) is 99.8 cm³/mol. The second-order valence-corrected chi connectivity index (χ2v) is 6.75. The van der Waals surface area contributed by atoms with Gasteiger partial charge in [0.05, 0.1) is 17.1 Å². The van der Waals surface area contributed by atoms with Crippen molar-refractivity contribution in [2.45, 2.75) is 19.9 Å². The molecular formula is C19H21F2N5O2. The first-order valence-corrected chi connectivity index (χ1v) is 9.13. The second-order valence-electron chi connectivity index (χ2n) is 6.75. The molecule has 148 valence electrons. The number of benzene rings is 1. The minimum atomic E-state index is -2.55. The van der Waals surface area contributed by atoms with E-state index in [1.54, 1.807) is 6.20 Å². The lowest BCUT2D eigenvalue weighted by atomic mass is 10.1. The molecule has 0 N–H and O–H groups in total. The van der Waals surface area contributed by atoms with E-state index in [1.807, 2.05) is 25.1 Å². The van der Waals surface area contributed by atoms with Crippen molar-refractivity contribution in [1.82, 2.24) is 20.0 Å². The Hall–Kier alpha value is -2.81. The van der Waals surface area contributed by atoms with E-state index >= 15 is 0 Å². The van der Waals surface area contributed by atoms with Gasteiger partial charge in [0, 0.05) is 44.0 Å². The van der Waals surface area contributed by atoms with E-state index in [0.29, 0.717) is 10.9 Å². The second kappa shape index (κ2) is 8.05. The fraction of sp³-hybridized carbons (Fsp3) is 0.421. The summed E-state index contributed by atoms with van der Waals surface area (Å²) in [7, 11) is 0. The van der Waals surface area contributed by atoms with Crippen LogP contribution in [-0.2, 0) is 6.54 Å². The van der Waals surface area contributed by atoms with Crippen LogP contribution in [0.2, 0.25) is 0 Å². The number of hydrogen-bond donors (Lipinski definition) is 0. The topological polar surface area (TPSA) is 67.5 Å². The Morgan fingerprint density at radius 2 is 2.00 bits per heavy atom. The zero-order valence-corrected chi connectivity index (χ0v) is 15.5. The van der Waals surface area contributed by atoms with Gasteiger partial charge in [0.2, 0.25) is 5.88 Å². The van der Waals surface area contributed by atoms with Gasteiger partial charge in [0.1, 0.15) is 12.1 Å². The maximum Gasteiger partial charge on any atom is 0.272 e. The first kappa shape index (κ1) is 18.5. The molecule has 28 heavy (non-hydrogen) atoms. The Bertz CT molecular complexity index is 941. The summed E-state index contributed by atoms with van der Waals surface area (Å²) in [5.41, 5.74) is 2.78. The number of anilines is 1. The lowest BCUT2D eigenvalue weighted by Crippen LogP contribution is -2.46. The molecular weight excluding hydrogens is 368 g/mol. The lowest BCUT2D eigenvalue weighted by molar-refractivity contribution is 0.0804. The van der Waals surface area contributed by atoms with E-state index in [4.69, 9.17) is 9.26 Å². The summed E-state index contributed by atoms with van der Waals surface area (Å²) in [5.74, 6) is 1.04. The van der Waals surface area contributed by atoms with Crippen LogP contribution in [0.1, 0.15) is 11.3 Å². The van der Waals surface area contributed by atoms with Gasteiger partial charge in [-0.25, -0.2) is 18.7 Å². The van der Waals surface area contributed by atoms with Crippen molar-refractivity contribution >= 4 is 16.6 Å². The van der Waals surface area contributed by atoms with Crippen LogP contribution in [0.25, 0.3) is 10.9 Å². The first-order chi connectivity index (χ1) is 13.6. The molecule has 4 rings (SSSR count). The number of hydrogen-bond acceptors (Lipinski definition) is 7. The molecule has 0 saturated carbocycles. The van der Waals surface area contributed by atoms with Crippen molar-refractivity contribution in [2.24, 2.45) is 0 Å². The molecule has 0 unspecified atom stereocenters. The molecule has 0 amide bonds. The van der Waals surface area contributed by atoms with Crippen LogP contribution in [0.15, 0.2) is 35.2 Å². The van der Waals surface area contributed by atoms with Gasteiger partial charge in [-0.2, -0.15) is 0 Å². The zero-order chi connectivity index (χ0) is 19.5. The molecule has 1 aliphatic rings. The highest BCUT2D eigenvalue weighted by molar-refractivity contribution is 5.86. The molecule has 3 aromatic rings. The first-order valence-electron chi connectivity index (χ1n) is 9.13. The highest BCUT2D eigenvalue weighted by Crippen LogP contribution is 2.28. The molecule has 1 fully saturated rings. The number of halogens is 2. The summed E-state index contributed by atoms with van der Waals surface area (Å²) < 4.78 is 35.3. The Morgan fingerprint density at radius 1 is 1.18 bits per heavy atom. The van der Waals surface area contributed by atoms with Crippen LogP contribution in [0.4, 0.5) is 14.5 Å². The number of fused-ring (bicyclic) bond motifs is 1. The molecule has 2 aromatic heterocycles. The van der Waals surface area contributed by atoms with Gasteiger partial charge < -0.3 is 14.2 Å². The zero-order valence-electron chi connectivity index (χ0n) is 15.5. The van der Waals surface area contributed by atoms with Crippen molar-refractivity contribution in [1.29, 1.82) is 0 Å². The third-order valence-electron chi connectivity index (χ3n) is 4.91. The average molecular weight is 389 g/mol. The largest absolute Gasteiger partial charge is 0.471 e. The monoisotopic (exact) mass is 389 g/mol. The molecule has 0 radical (unpaired) electrons.